The third-order valence-electron chi connectivity index (χ3n) is 3.74. The Morgan fingerprint density at radius 3 is 2.43 bits per heavy atom. The van der Waals surface area contributed by atoms with Gasteiger partial charge in [-0.05, 0) is 41.8 Å². The van der Waals surface area contributed by atoms with Crippen LogP contribution in [-0.2, 0) is 16.9 Å². The van der Waals surface area contributed by atoms with E-state index in [1.54, 1.807) is 0 Å². The number of hydrogen-bond donors (Lipinski definition) is 2. The first-order chi connectivity index (χ1) is 9.86. The Kier molecular flexibility index (Phi) is 4.49. The molecule has 1 amide bonds. The Morgan fingerprint density at radius 2 is 1.95 bits per heavy atom. The van der Waals surface area contributed by atoms with Gasteiger partial charge < -0.3 is 11.5 Å². The molecule has 0 radical (unpaired) electrons. The van der Waals surface area contributed by atoms with Gasteiger partial charge in [-0.15, -0.1) is 0 Å². The van der Waals surface area contributed by atoms with Gasteiger partial charge in [0, 0.05) is 12.2 Å². The maximum atomic E-state index is 11.9. The standard InChI is InChI=1S/C15H19BrN4O/c1-10-13(16)11(2)20(19-10)9-8-15(18,14(17)21)12-6-4-3-5-7-12/h3-7H,8-9,18H2,1-2H3,(H2,17,21). The van der Waals surface area contributed by atoms with Crippen LogP contribution in [0, 0.1) is 13.8 Å². The van der Waals surface area contributed by atoms with E-state index in [-0.39, 0.29) is 0 Å². The van der Waals surface area contributed by atoms with Crippen LogP contribution >= 0.6 is 15.9 Å². The molecule has 6 heteroatoms. The fraction of sp³-hybridized carbons (Fsp3) is 0.333. The van der Waals surface area contributed by atoms with E-state index in [4.69, 9.17) is 11.5 Å². The van der Waals surface area contributed by atoms with Crippen molar-refractivity contribution in [2.24, 2.45) is 11.5 Å². The van der Waals surface area contributed by atoms with Gasteiger partial charge in [0.2, 0.25) is 5.91 Å². The van der Waals surface area contributed by atoms with Crippen LogP contribution in [0.2, 0.25) is 0 Å². The molecule has 0 spiro atoms. The van der Waals surface area contributed by atoms with Gasteiger partial charge >= 0.3 is 0 Å². The summed E-state index contributed by atoms with van der Waals surface area (Å²) in [5.74, 6) is -0.533. The van der Waals surface area contributed by atoms with Crippen molar-refractivity contribution in [1.29, 1.82) is 0 Å². The molecule has 0 aliphatic heterocycles. The first kappa shape index (κ1) is 15.7. The van der Waals surface area contributed by atoms with Crippen molar-refractivity contribution in [1.82, 2.24) is 9.78 Å². The summed E-state index contributed by atoms with van der Waals surface area (Å²) in [6.45, 7) is 4.41. The highest BCUT2D eigenvalue weighted by molar-refractivity contribution is 9.10. The minimum absolute atomic E-state index is 0.390. The highest BCUT2D eigenvalue weighted by Gasteiger charge is 2.33. The maximum absolute atomic E-state index is 11.9. The van der Waals surface area contributed by atoms with Gasteiger partial charge in [-0.3, -0.25) is 9.48 Å². The average Bonchev–Trinajstić information content (AvgIpc) is 2.72. The van der Waals surface area contributed by atoms with E-state index in [9.17, 15) is 4.79 Å². The first-order valence-electron chi connectivity index (χ1n) is 6.70. The van der Waals surface area contributed by atoms with Crippen molar-refractivity contribution >= 4 is 21.8 Å². The van der Waals surface area contributed by atoms with Gasteiger partial charge in [0.1, 0.15) is 5.54 Å². The number of aryl methyl sites for hydroxylation is 2. The minimum atomic E-state index is -1.19. The predicted molar refractivity (Wildman–Crippen MR) is 85.5 cm³/mol. The molecule has 1 atom stereocenters. The van der Waals surface area contributed by atoms with Crippen LogP contribution < -0.4 is 11.5 Å². The Labute approximate surface area is 132 Å². The number of nitrogens with zero attached hydrogens (tertiary/aromatic N) is 2. The first-order valence-corrected chi connectivity index (χ1v) is 7.49. The highest BCUT2D eigenvalue weighted by Crippen LogP contribution is 2.25. The number of carbonyl (C=O) groups is 1. The van der Waals surface area contributed by atoms with Crippen molar-refractivity contribution in [3.8, 4) is 0 Å². The molecule has 1 aromatic heterocycles. The highest BCUT2D eigenvalue weighted by atomic mass is 79.9. The van der Waals surface area contributed by atoms with Crippen LogP contribution in [0.4, 0.5) is 0 Å². The van der Waals surface area contributed by atoms with Crippen LogP contribution in [0.15, 0.2) is 34.8 Å². The molecule has 2 rings (SSSR count). The molecule has 0 aliphatic carbocycles. The summed E-state index contributed by atoms with van der Waals surface area (Å²) in [6, 6.07) is 9.21. The summed E-state index contributed by atoms with van der Waals surface area (Å²) in [6.07, 6.45) is 0.390. The van der Waals surface area contributed by atoms with Gasteiger partial charge in [-0.2, -0.15) is 5.10 Å². The summed E-state index contributed by atoms with van der Waals surface area (Å²) in [5, 5.41) is 4.43. The predicted octanol–water partition coefficient (Wildman–Crippen LogP) is 1.99. The summed E-state index contributed by atoms with van der Waals surface area (Å²) < 4.78 is 2.82. The van der Waals surface area contributed by atoms with E-state index >= 15 is 0 Å². The molecule has 0 aliphatic rings. The van der Waals surface area contributed by atoms with Gasteiger partial charge in [-0.25, -0.2) is 0 Å². The lowest BCUT2D eigenvalue weighted by molar-refractivity contribution is -0.123. The molecule has 0 fully saturated rings. The van der Waals surface area contributed by atoms with Crippen molar-refractivity contribution < 1.29 is 4.79 Å². The second-order valence-corrected chi connectivity index (χ2v) is 5.95. The van der Waals surface area contributed by atoms with Crippen LogP contribution in [0.25, 0.3) is 0 Å². The summed E-state index contributed by atoms with van der Waals surface area (Å²) in [4.78, 5) is 11.9. The van der Waals surface area contributed by atoms with Gasteiger partial charge in [0.05, 0.1) is 10.2 Å². The monoisotopic (exact) mass is 350 g/mol. The third-order valence-corrected chi connectivity index (χ3v) is 4.89. The molecule has 1 unspecified atom stereocenters. The molecule has 0 saturated carbocycles. The van der Waals surface area contributed by atoms with Gasteiger partial charge in [0.15, 0.2) is 0 Å². The smallest absolute Gasteiger partial charge is 0.242 e. The van der Waals surface area contributed by atoms with Crippen LogP contribution in [0.3, 0.4) is 0 Å². The van der Waals surface area contributed by atoms with Crippen LogP contribution in [0.1, 0.15) is 23.4 Å². The Bertz CT molecular complexity index is 653. The number of nitrogens with two attached hydrogens (primary N) is 2. The van der Waals surface area contributed by atoms with E-state index in [0.717, 1.165) is 21.4 Å². The number of benzene rings is 1. The number of halogens is 1. The van der Waals surface area contributed by atoms with Crippen molar-refractivity contribution in [3.63, 3.8) is 0 Å². The van der Waals surface area contributed by atoms with Crippen molar-refractivity contribution in [3.05, 3.63) is 51.8 Å². The number of primary amides is 1. The van der Waals surface area contributed by atoms with E-state index in [1.165, 1.54) is 0 Å². The van der Waals surface area contributed by atoms with Crippen LogP contribution in [0.5, 0.6) is 0 Å². The second kappa shape index (κ2) is 5.99. The number of amides is 1. The fourth-order valence-electron chi connectivity index (χ4n) is 2.32. The van der Waals surface area contributed by atoms with E-state index < -0.39 is 11.4 Å². The topological polar surface area (TPSA) is 86.9 Å². The average molecular weight is 351 g/mol. The van der Waals surface area contributed by atoms with Gasteiger partial charge in [0.25, 0.3) is 0 Å². The minimum Gasteiger partial charge on any atom is -0.368 e. The molecule has 0 bridgehead atoms. The zero-order valence-corrected chi connectivity index (χ0v) is 13.7. The zero-order chi connectivity index (χ0) is 15.6. The maximum Gasteiger partial charge on any atom is 0.242 e. The zero-order valence-electron chi connectivity index (χ0n) is 12.1. The number of aromatic nitrogens is 2. The number of carbonyl (C=O) groups excluding carboxylic acids is 1. The molecule has 112 valence electrons. The number of hydrogen-bond acceptors (Lipinski definition) is 3. The second-order valence-electron chi connectivity index (χ2n) is 5.16. The third kappa shape index (κ3) is 3.01. The number of rotatable bonds is 5. The molecule has 21 heavy (non-hydrogen) atoms. The Balaban J connectivity index is 2.26. The molecule has 1 aromatic carbocycles. The summed E-state index contributed by atoms with van der Waals surface area (Å²) in [7, 11) is 0. The van der Waals surface area contributed by atoms with E-state index in [2.05, 4.69) is 21.0 Å². The van der Waals surface area contributed by atoms with E-state index in [0.29, 0.717) is 13.0 Å². The lowest BCUT2D eigenvalue weighted by Gasteiger charge is -2.26. The lowest BCUT2D eigenvalue weighted by atomic mass is 9.87. The SMILES string of the molecule is Cc1nn(CCC(N)(C(N)=O)c2ccccc2)c(C)c1Br. The van der Waals surface area contributed by atoms with E-state index in [1.807, 2.05) is 48.9 Å². The van der Waals surface area contributed by atoms with Crippen molar-refractivity contribution in [2.75, 3.05) is 0 Å². The fourth-order valence-corrected chi connectivity index (χ4v) is 2.60. The lowest BCUT2D eigenvalue weighted by Crippen LogP contribution is -2.49. The molecule has 4 N–H and O–H groups in total. The summed E-state index contributed by atoms with van der Waals surface area (Å²) in [5.41, 5.74) is 13.3. The van der Waals surface area contributed by atoms with Gasteiger partial charge in [-0.1, -0.05) is 30.3 Å². The largest absolute Gasteiger partial charge is 0.368 e. The molecule has 5 nitrogen and oxygen atoms in total. The molecule has 1 heterocycles. The molecular weight excluding hydrogens is 332 g/mol. The van der Waals surface area contributed by atoms with Crippen molar-refractivity contribution in [2.45, 2.75) is 32.4 Å². The Morgan fingerprint density at radius 1 is 1.33 bits per heavy atom. The Hall–Kier alpha value is -1.66. The summed E-state index contributed by atoms with van der Waals surface area (Å²) >= 11 is 3.49. The molecule has 2 aromatic rings. The van der Waals surface area contributed by atoms with Crippen LogP contribution in [-0.4, -0.2) is 15.7 Å². The normalized spacial score (nSPS) is 13.9. The molecule has 0 saturated heterocycles. The quantitative estimate of drug-likeness (QED) is 0.864. The molecular formula is C15H19BrN4O.